The van der Waals surface area contributed by atoms with Crippen LogP contribution in [-0.4, -0.2) is 29.9 Å². The quantitative estimate of drug-likeness (QED) is 0.834. The molecule has 0 radical (unpaired) electrons. The van der Waals surface area contributed by atoms with Gasteiger partial charge in [0, 0.05) is 23.1 Å². The van der Waals surface area contributed by atoms with E-state index in [9.17, 15) is 4.79 Å². The topological polar surface area (TPSA) is 72.3 Å². The fraction of sp³-hybridized carbons (Fsp3) is 0.533. The molecule has 20 heavy (non-hydrogen) atoms. The van der Waals surface area contributed by atoms with E-state index >= 15 is 0 Å². The Labute approximate surface area is 128 Å². The number of primary amides is 1. The molecule has 1 amide bonds. The van der Waals surface area contributed by atoms with Crippen molar-refractivity contribution in [3.63, 3.8) is 0 Å². The molecule has 0 spiro atoms. The number of amides is 1. The van der Waals surface area contributed by atoms with Gasteiger partial charge in [-0.15, -0.1) is 0 Å². The standard InChI is InChI=1S/C15H22BrN3O/c16-12-5-3-4-11(8-12)14(9-17)19(10-15(18)20)13-6-1-2-7-13/h3-5,8,13-14H,1-2,6-7,9-10,17H2,(H2,18,20). The first-order chi connectivity index (χ1) is 9.61. The molecule has 110 valence electrons. The second-order valence-electron chi connectivity index (χ2n) is 5.38. The van der Waals surface area contributed by atoms with Crippen LogP contribution in [0.3, 0.4) is 0 Å². The van der Waals surface area contributed by atoms with E-state index in [-0.39, 0.29) is 18.5 Å². The maximum absolute atomic E-state index is 11.4. The largest absolute Gasteiger partial charge is 0.369 e. The summed E-state index contributed by atoms with van der Waals surface area (Å²) in [6.07, 6.45) is 4.68. The minimum atomic E-state index is -0.287. The van der Waals surface area contributed by atoms with E-state index in [0.29, 0.717) is 12.6 Å². The van der Waals surface area contributed by atoms with Crippen LogP contribution in [0.2, 0.25) is 0 Å². The van der Waals surface area contributed by atoms with Gasteiger partial charge in [0.2, 0.25) is 5.91 Å². The van der Waals surface area contributed by atoms with Crippen LogP contribution in [0.15, 0.2) is 28.7 Å². The average Bonchev–Trinajstić information content (AvgIpc) is 2.92. The minimum Gasteiger partial charge on any atom is -0.369 e. The number of benzene rings is 1. The molecule has 1 aromatic rings. The molecule has 0 aromatic heterocycles. The van der Waals surface area contributed by atoms with Gasteiger partial charge in [-0.1, -0.05) is 40.9 Å². The third-order valence-corrected chi connectivity index (χ3v) is 4.48. The third-order valence-electron chi connectivity index (χ3n) is 3.99. The first-order valence-electron chi connectivity index (χ1n) is 7.11. The number of carbonyl (C=O) groups is 1. The van der Waals surface area contributed by atoms with E-state index in [1.165, 1.54) is 12.8 Å². The van der Waals surface area contributed by atoms with E-state index < -0.39 is 0 Å². The molecule has 5 heteroatoms. The number of hydrogen-bond acceptors (Lipinski definition) is 3. The zero-order valence-corrected chi connectivity index (χ0v) is 13.2. The van der Waals surface area contributed by atoms with Gasteiger partial charge >= 0.3 is 0 Å². The lowest BCUT2D eigenvalue weighted by molar-refractivity contribution is -0.120. The first-order valence-corrected chi connectivity index (χ1v) is 7.90. The molecule has 1 unspecified atom stereocenters. The zero-order valence-electron chi connectivity index (χ0n) is 11.6. The number of carbonyl (C=O) groups excluding carboxylic acids is 1. The summed E-state index contributed by atoms with van der Waals surface area (Å²) in [7, 11) is 0. The van der Waals surface area contributed by atoms with Gasteiger partial charge in [-0.05, 0) is 30.5 Å². The summed E-state index contributed by atoms with van der Waals surface area (Å²) in [6, 6.07) is 8.58. The Morgan fingerprint density at radius 1 is 1.40 bits per heavy atom. The minimum absolute atomic E-state index is 0.0445. The normalized spacial score (nSPS) is 17.6. The summed E-state index contributed by atoms with van der Waals surface area (Å²) < 4.78 is 1.03. The first kappa shape index (κ1) is 15.5. The second kappa shape index (κ2) is 7.20. The Balaban J connectivity index is 2.25. The SMILES string of the molecule is NCC(c1cccc(Br)c1)N(CC(N)=O)C1CCCC1. The molecule has 4 nitrogen and oxygen atoms in total. The molecule has 1 fully saturated rings. The Bertz CT molecular complexity index is 460. The van der Waals surface area contributed by atoms with Crippen molar-refractivity contribution in [1.82, 2.24) is 4.90 Å². The van der Waals surface area contributed by atoms with Crippen molar-refractivity contribution in [2.24, 2.45) is 11.5 Å². The lowest BCUT2D eigenvalue weighted by atomic mass is 10.0. The van der Waals surface area contributed by atoms with Gasteiger partial charge < -0.3 is 11.5 Å². The van der Waals surface area contributed by atoms with Gasteiger partial charge in [0.05, 0.1) is 6.54 Å². The molecular weight excluding hydrogens is 318 g/mol. The smallest absolute Gasteiger partial charge is 0.231 e. The van der Waals surface area contributed by atoms with Crippen molar-refractivity contribution in [2.45, 2.75) is 37.8 Å². The Morgan fingerprint density at radius 2 is 2.10 bits per heavy atom. The lowest BCUT2D eigenvalue weighted by Crippen LogP contribution is -2.44. The summed E-state index contributed by atoms with van der Waals surface area (Å²) in [5, 5.41) is 0. The van der Waals surface area contributed by atoms with E-state index in [2.05, 4.69) is 33.0 Å². The average molecular weight is 340 g/mol. The van der Waals surface area contributed by atoms with Gasteiger partial charge in [-0.25, -0.2) is 0 Å². The number of nitrogens with zero attached hydrogens (tertiary/aromatic N) is 1. The fourth-order valence-electron chi connectivity index (χ4n) is 3.09. The van der Waals surface area contributed by atoms with Gasteiger partial charge in [0.1, 0.15) is 0 Å². The van der Waals surface area contributed by atoms with Crippen LogP contribution in [0.1, 0.15) is 37.3 Å². The summed E-state index contributed by atoms with van der Waals surface area (Å²) in [4.78, 5) is 13.6. The van der Waals surface area contributed by atoms with Crippen molar-refractivity contribution < 1.29 is 4.79 Å². The van der Waals surface area contributed by atoms with Gasteiger partial charge in [-0.3, -0.25) is 9.69 Å². The summed E-state index contributed by atoms with van der Waals surface area (Å²) >= 11 is 3.49. The molecule has 1 aliphatic carbocycles. The Kier molecular flexibility index (Phi) is 5.57. The Morgan fingerprint density at radius 3 is 2.65 bits per heavy atom. The van der Waals surface area contributed by atoms with Crippen LogP contribution in [0.5, 0.6) is 0 Å². The number of hydrogen-bond donors (Lipinski definition) is 2. The summed E-state index contributed by atoms with van der Waals surface area (Å²) in [6.45, 7) is 0.763. The highest BCUT2D eigenvalue weighted by Crippen LogP contribution is 2.31. The number of nitrogens with two attached hydrogens (primary N) is 2. The molecule has 1 aliphatic rings. The van der Waals surface area contributed by atoms with Crippen LogP contribution in [0.25, 0.3) is 0 Å². The van der Waals surface area contributed by atoms with Crippen molar-refractivity contribution in [1.29, 1.82) is 0 Å². The maximum atomic E-state index is 11.4. The molecular formula is C15H22BrN3O. The predicted molar refractivity (Wildman–Crippen MR) is 84.1 cm³/mol. The predicted octanol–water partition coefficient (Wildman–Crippen LogP) is 2.18. The van der Waals surface area contributed by atoms with Crippen LogP contribution in [-0.2, 0) is 4.79 Å². The lowest BCUT2D eigenvalue weighted by Gasteiger charge is -2.35. The second-order valence-corrected chi connectivity index (χ2v) is 6.30. The number of halogens is 1. The molecule has 0 aliphatic heterocycles. The van der Waals surface area contributed by atoms with Gasteiger partial charge in [0.25, 0.3) is 0 Å². The van der Waals surface area contributed by atoms with Crippen molar-refractivity contribution in [2.75, 3.05) is 13.1 Å². The third kappa shape index (κ3) is 3.81. The zero-order chi connectivity index (χ0) is 14.5. The molecule has 2 rings (SSSR count). The highest BCUT2D eigenvalue weighted by Gasteiger charge is 2.30. The van der Waals surface area contributed by atoms with Crippen molar-refractivity contribution in [3.05, 3.63) is 34.3 Å². The van der Waals surface area contributed by atoms with Crippen LogP contribution in [0, 0.1) is 0 Å². The van der Waals surface area contributed by atoms with E-state index in [1.807, 2.05) is 12.1 Å². The maximum Gasteiger partial charge on any atom is 0.231 e. The van der Waals surface area contributed by atoms with E-state index in [4.69, 9.17) is 11.5 Å². The molecule has 0 heterocycles. The van der Waals surface area contributed by atoms with Crippen LogP contribution < -0.4 is 11.5 Å². The van der Waals surface area contributed by atoms with Crippen LogP contribution in [0.4, 0.5) is 0 Å². The van der Waals surface area contributed by atoms with Gasteiger partial charge in [-0.2, -0.15) is 0 Å². The molecule has 1 saturated carbocycles. The Hall–Kier alpha value is -0.910. The molecule has 0 saturated heterocycles. The van der Waals surface area contributed by atoms with Gasteiger partial charge in [0.15, 0.2) is 0 Å². The highest BCUT2D eigenvalue weighted by atomic mass is 79.9. The van der Waals surface area contributed by atoms with Crippen molar-refractivity contribution >= 4 is 21.8 Å². The van der Waals surface area contributed by atoms with Crippen molar-refractivity contribution in [3.8, 4) is 0 Å². The van der Waals surface area contributed by atoms with Crippen LogP contribution >= 0.6 is 15.9 Å². The highest BCUT2D eigenvalue weighted by molar-refractivity contribution is 9.10. The van der Waals surface area contributed by atoms with E-state index in [0.717, 1.165) is 22.9 Å². The molecule has 4 N–H and O–H groups in total. The fourth-order valence-corrected chi connectivity index (χ4v) is 3.50. The monoisotopic (exact) mass is 339 g/mol. The molecule has 0 bridgehead atoms. The summed E-state index contributed by atoms with van der Waals surface area (Å²) in [5.41, 5.74) is 12.6. The molecule has 1 atom stereocenters. The van der Waals surface area contributed by atoms with E-state index in [1.54, 1.807) is 0 Å². The number of rotatable bonds is 6. The summed E-state index contributed by atoms with van der Waals surface area (Å²) in [5.74, 6) is -0.287. The molecule has 1 aromatic carbocycles.